The minimum atomic E-state index is -1.06. The second-order valence-electron chi connectivity index (χ2n) is 5.78. The Morgan fingerprint density at radius 1 is 0.955 bits per heavy atom. The Labute approximate surface area is 132 Å². The maximum atomic E-state index is 9.05. The number of nitrogens with zero attached hydrogens (tertiary/aromatic N) is 1. The number of hydrogen-bond donors (Lipinski definition) is 0. The molecule has 5 atom stereocenters. The van der Waals surface area contributed by atoms with Crippen molar-refractivity contribution in [2.24, 2.45) is 11.8 Å². The molecule has 0 aromatic carbocycles. The highest BCUT2D eigenvalue weighted by Crippen LogP contribution is 2.43. The SMILES string of the molecule is C#CC1C(CCCC2OC(C#C)(C#C)C2C#C)OC1(C)C#N. The number of ether oxygens (including phenoxy) is 2. The Balaban J connectivity index is 1.82. The third kappa shape index (κ3) is 2.25. The molecular weight excluding hydrogens is 274 g/mol. The van der Waals surface area contributed by atoms with Gasteiger partial charge >= 0.3 is 0 Å². The molecule has 0 aromatic rings. The molecule has 0 saturated carbocycles. The largest absolute Gasteiger partial charge is 0.354 e. The summed E-state index contributed by atoms with van der Waals surface area (Å²) in [6, 6.07) is 2.11. The van der Waals surface area contributed by atoms with Crippen molar-refractivity contribution in [3.05, 3.63) is 0 Å². The number of hydrogen-bond acceptors (Lipinski definition) is 3. The molecule has 2 heterocycles. The molecule has 0 bridgehead atoms. The van der Waals surface area contributed by atoms with E-state index in [9.17, 15) is 0 Å². The van der Waals surface area contributed by atoms with Crippen molar-refractivity contribution in [2.45, 2.75) is 49.6 Å². The fraction of sp³-hybridized carbons (Fsp3) is 0.526. The lowest BCUT2D eigenvalue weighted by Gasteiger charge is -2.48. The zero-order valence-corrected chi connectivity index (χ0v) is 12.5. The van der Waals surface area contributed by atoms with Crippen LogP contribution in [0, 0.1) is 72.5 Å². The molecule has 110 valence electrons. The van der Waals surface area contributed by atoms with Gasteiger partial charge in [-0.15, -0.1) is 25.7 Å². The molecule has 0 radical (unpaired) electrons. The maximum absolute atomic E-state index is 9.05. The van der Waals surface area contributed by atoms with E-state index in [2.05, 4.69) is 29.8 Å². The van der Waals surface area contributed by atoms with Crippen molar-refractivity contribution in [1.82, 2.24) is 0 Å². The molecule has 22 heavy (non-hydrogen) atoms. The van der Waals surface area contributed by atoms with Gasteiger partial charge in [-0.05, 0) is 26.2 Å². The highest BCUT2D eigenvalue weighted by molar-refractivity contribution is 5.37. The minimum absolute atomic E-state index is 0.0935. The number of nitriles is 1. The molecule has 3 nitrogen and oxygen atoms in total. The normalized spacial score (nSPS) is 37.8. The Bertz CT molecular complexity index is 646. The van der Waals surface area contributed by atoms with E-state index in [1.165, 1.54) is 0 Å². The van der Waals surface area contributed by atoms with Crippen LogP contribution in [0.15, 0.2) is 0 Å². The van der Waals surface area contributed by atoms with E-state index in [1.54, 1.807) is 6.92 Å². The van der Waals surface area contributed by atoms with Crippen molar-refractivity contribution >= 4 is 0 Å². The number of rotatable bonds is 4. The Hall–Kier alpha value is -2.35. The van der Waals surface area contributed by atoms with Crippen LogP contribution in [-0.4, -0.2) is 23.4 Å². The summed E-state index contributed by atoms with van der Waals surface area (Å²) in [7, 11) is 0. The first-order valence-corrected chi connectivity index (χ1v) is 7.15. The van der Waals surface area contributed by atoms with Gasteiger partial charge in [-0.2, -0.15) is 5.26 Å². The Kier molecular flexibility index (Phi) is 4.23. The molecule has 5 unspecified atom stereocenters. The molecule has 3 heteroatoms. The predicted molar refractivity (Wildman–Crippen MR) is 82.7 cm³/mol. The molecule has 2 aliphatic heterocycles. The molecule has 2 rings (SSSR count). The van der Waals surface area contributed by atoms with Gasteiger partial charge in [0.1, 0.15) is 0 Å². The standard InChI is InChI=1S/C19H17NO2/c1-6-14-16(21-18(14,5)13-20)11-10-12-17-15(7-2)19(8-3,9-4)22-17/h1-4,14-17H,10-12H2,5H3. The lowest BCUT2D eigenvalue weighted by molar-refractivity contribution is -0.204. The van der Waals surface area contributed by atoms with E-state index in [1.807, 2.05) is 0 Å². The average Bonchev–Trinajstić information content (AvgIpc) is 2.49. The topological polar surface area (TPSA) is 42.2 Å². The Morgan fingerprint density at radius 2 is 1.50 bits per heavy atom. The zero-order valence-electron chi connectivity index (χ0n) is 12.5. The van der Waals surface area contributed by atoms with Gasteiger partial charge in [0.2, 0.25) is 5.60 Å². The molecule has 0 N–H and O–H groups in total. The van der Waals surface area contributed by atoms with E-state index < -0.39 is 11.2 Å². The van der Waals surface area contributed by atoms with Gasteiger partial charge in [0.05, 0.1) is 30.1 Å². The molecular formula is C19H17NO2. The molecule has 0 spiro atoms. The van der Waals surface area contributed by atoms with Crippen LogP contribution in [0.5, 0.6) is 0 Å². The van der Waals surface area contributed by atoms with Crippen molar-refractivity contribution < 1.29 is 9.47 Å². The monoisotopic (exact) mass is 291 g/mol. The molecule has 0 aromatic heterocycles. The average molecular weight is 291 g/mol. The lowest BCUT2D eigenvalue weighted by Crippen LogP contribution is -2.58. The second-order valence-corrected chi connectivity index (χ2v) is 5.78. The first-order chi connectivity index (χ1) is 10.5. The lowest BCUT2D eigenvalue weighted by atomic mass is 9.75. The fourth-order valence-corrected chi connectivity index (χ4v) is 3.16. The quantitative estimate of drug-likeness (QED) is 0.741. The van der Waals surface area contributed by atoms with Gasteiger partial charge in [-0.1, -0.05) is 23.7 Å². The summed E-state index contributed by atoms with van der Waals surface area (Å²) in [4.78, 5) is 0. The van der Waals surface area contributed by atoms with Gasteiger partial charge in [-0.25, -0.2) is 0 Å². The van der Waals surface area contributed by atoms with E-state index in [4.69, 9.17) is 40.4 Å². The summed E-state index contributed by atoms with van der Waals surface area (Å²) in [6.07, 6.45) is 23.9. The minimum Gasteiger partial charge on any atom is -0.354 e. The number of terminal acetylenes is 4. The van der Waals surface area contributed by atoms with Gasteiger partial charge in [0, 0.05) is 0 Å². The highest BCUT2D eigenvalue weighted by Gasteiger charge is 2.54. The predicted octanol–water partition coefficient (Wildman–Crippen LogP) is 1.74. The summed E-state index contributed by atoms with van der Waals surface area (Å²) in [6.45, 7) is 1.71. The molecule has 0 amide bonds. The van der Waals surface area contributed by atoms with Crippen LogP contribution in [0.1, 0.15) is 26.2 Å². The highest BCUT2D eigenvalue weighted by atomic mass is 16.5. The van der Waals surface area contributed by atoms with Gasteiger partial charge in [0.25, 0.3) is 0 Å². The van der Waals surface area contributed by atoms with Crippen molar-refractivity contribution in [3.63, 3.8) is 0 Å². The van der Waals surface area contributed by atoms with Gasteiger partial charge < -0.3 is 9.47 Å². The van der Waals surface area contributed by atoms with E-state index in [-0.39, 0.29) is 24.0 Å². The van der Waals surface area contributed by atoms with Gasteiger partial charge in [0.15, 0.2) is 5.60 Å². The zero-order chi connectivity index (χ0) is 16.4. The van der Waals surface area contributed by atoms with Crippen molar-refractivity contribution in [3.8, 4) is 55.4 Å². The van der Waals surface area contributed by atoms with Crippen LogP contribution in [0.2, 0.25) is 0 Å². The summed E-state index contributed by atoms with van der Waals surface area (Å²) in [5, 5.41) is 9.05. The van der Waals surface area contributed by atoms with Crippen LogP contribution in [0.3, 0.4) is 0 Å². The molecule has 2 saturated heterocycles. The van der Waals surface area contributed by atoms with Crippen LogP contribution >= 0.6 is 0 Å². The maximum Gasteiger partial charge on any atom is 0.206 e. The van der Waals surface area contributed by atoms with E-state index >= 15 is 0 Å². The third-order valence-corrected chi connectivity index (χ3v) is 4.50. The van der Waals surface area contributed by atoms with Crippen LogP contribution in [0.4, 0.5) is 0 Å². The Morgan fingerprint density at radius 3 is 1.95 bits per heavy atom. The summed E-state index contributed by atoms with van der Waals surface area (Å²) in [5.41, 5.74) is -1.93. The fourth-order valence-electron chi connectivity index (χ4n) is 3.16. The third-order valence-electron chi connectivity index (χ3n) is 4.50. The van der Waals surface area contributed by atoms with Gasteiger partial charge in [-0.3, -0.25) is 0 Å². The van der Waals surface area contributed by atoms with Crippen molar-refractivity contribution in [2.75, 3.05) is 0 Å². The molecule has 2 fully saturated rings. The summed E-state index contributed by atoms with van der Waals surface area (Å²) < 4.78 is 11.2. The molecule has 0 aliphatic carbocycles. The summed E-state index contributed by atoms with van der Waals surface area (Å²) >= 11 is 0. The van der Waals surface area contributed by atoms with E-state index in [0.717, 1.165) is 19.3 Å². The van der Waals surface area contributed by atoms with Crippen LogP contribution in [0.25, 0.3) is 0 Å². The van der Waals surface area contributed by atoms with Crippen LogP contribution < -0.4 is 0 Å². The first kappa shape index (κ1) is 16.0. The van der Waals surface area contributed by atoms with Crippen molar-refractivity contribution in [1.29, 1.82) is 5.26 Å². The second kappa shape index (κ2) is 5.80. The van der Waals surface area contributed by atoms with Crippen LogP contribution in [-0.2, 0) is 9.47 Å². The van der Waals surface area contributed by atoms with E-state index in [0.29, 0.717) is 0 Å². The molecule has 2 aliphatic rings. The summed E-state index contributed by atoms with van der Waals surface area (Å²) in [5.74, 6) is 9.76. The smallest absolute Gasteiger partial charge is 0.206 e. The first-order valence-electron chi connectivity index (χ1n) is 7.15.